The van der Waals surface area contributed by atoms with Crippen LogP contribution in [0.4, 0.5) is 13.2 Å². The van der Waals surface area contributed by atoms with Crippen LogP contribution >= 0.6 is 0 Å². The van der Waals surface area contributed by atoms with Gasteiger partial charge in [-0.2, -0.15) is 13.2 Å². The number of aromatic nitrogens is 1. The molecule has 4 unspecified atom stereocenters. The van der Waals surface area contributed by atoms with Gasteiger partial charge in [0.2, 0.25) is 5.91 Å². The van der Waals surface area contributed by atoms with Crippen molar-refractivity contribution in [3.8, 4) is 0 Å². The third-order valence-electron chi connectivity index (χ3n) is 7.92. The molecule has 2 saturated carbocycles. The first kappa shape index (κ1) is 22.1. The second-order valence-corrected chi connectivity index (χ2v) is 12.2. The molecule has 1 saturated heterocycles. The van der Waals surface area contributed by atoms with Crippen molar-refractivity contribution < 1.29 is 26.4 Å². The normalized spacial score (nSPS) is 33.8. The number of carbonyl (C=O) groups excluding carboxylic acids is 1. The molecule has 2 aliphatic carbocycles. The molecule has 4 aliphatic rings. The van der Waals surface area contributed by atoms with Crippen molar-refractivity contribution in [2.24, 2.45) is 11.3 Å². The summed E-state index contributed by atoms with van der Waals surface area (Å²) in [6.07, 6.45) is 1.76. The van der Waals surface area contributed by atoms with E-state index in [2.05, 4.69) is 10.3 Å². The number of nitrogens with zero attached hydrogens (tertiary/aromatic N) is 2. The van der Waals surface area contributed by atoms with Gasteiger partial charge in [-0.1, -0.05) is 6.42 Å². The Bertz CT molecular complexity index is 1030. The first-order chi connectivity index (χ1) is 15.1. The zero-order chi connectivity index (χ0) is 22.7. The van der Waals surface area contributed by atoms with Crippen molar-refractivity contribution in [2.75, 3.05) is 18.1 Å². The monoisotopic (exact) mass is 471 g/mol. The van der Waals surface area contributed by atoms with E-state index >= 15 is 0 Å². The van der Waals surface area contributed by atoms with Crippen LogP contribution in [-0.4, -0.2) is 54.3 Å². The maximum atomic E-state index is 13.7. The first-order valence-electron chi connectivity index (χ1n) is 11.4. The Morgan fingerprint density at radius 3 is 2.78 bits per heavy atom. The predicted octanol–water partition coefficient (Wildman–Crippen LogP) is 2.71. The topological polar surface area (TPSA) is 79.4 Å². The van der Waals surface area contributed by atoms with E-state index in [4.69, 9.17) is 0 Å². The summed E-state index contributed by atoms with van der Waals surface area (Å²) in [6.45, 7) is 0.635. The molecule has 4 atom stereocenters. The average Bonchev–Trinajstić information content (AvgIpc) is 3.38. The number of sulfone groups is 1. The molecule has 1 aromatic heterocycles. The molecule has 5 rings (SSSR count). The molecule has 1 amide bonds. The quantitative estimate of drug-likeness (QED) is 0.734. The molecule has 3 heterocycles. The van der Waals surface area contributed by atoms with Gasteiger partial charge in [0, 0.05) is 43.5 Å². The molecule has 176 valence electrons. The first-order valence-corrected chi connectivity index (χ1v) is 13.2. The van der Waals surface area contributed by atoms with E-state index < -0.39 is 27.0 Å². The SMILES string of the molecule is O=C(N1CCc2ncc(C(F)(F)F)cc2C1)C12CCCC1CC(NC1CCS(=O)(=O)C1)C2. The molecule has 0 bridgehead atoms. The third kappa shape index (κ3) is 3.93. The molecule has 1 aromatic rings. The van der Waals surface area contributed by atoms with Gasteiger partial charge in [-0.05, 0) is 49.7 Å². The zero-order valence-corrected chi connectivity index (χ0v) is 18.6. The number of amides is 1. The van der Waals surface area contributed by atoms with E-state index in [-0.39, 0.29) is 42.0 Å². The fourth-order valence-electron chi connectivity index (χ4n) is 6.45. The molecule has 3 fully saturated rings. The van der Waals surface area contributed by atoms with Crippen LogP contribution in [0, 0.1) is 11.3 Å². The summed E-state index contributed by atoms with van der Waals surface area (Å²) in [5, 5.41) is 3.50. The van der Waals surface area contributed by atoms with Gasteiger partial charge in [-0.15, -0.1) is 0 Å². The molecule has 10 heteroatoms. The van der Waals surface area contributed by atoms with Crippen LogP contribution in [0.2, 0.25) is 0 Å². The van der Waals surface area contributed by atoms with Gasteiger partial charge in [0.15, 0.2) is 9.84 Å². The van der Waals surface area contributed by atoms with Gasteiger partial charge in [0.1, 0.15) is 0 Å². The summed E-state index contributed by atoms with van der Waals surface area (Å²) in [4.78, 5) is 19.5. The number of nitrogens with one attached hydrogen (secondary N) is 1. The Balaban J connectivity index is 1.31. The Kier molecular flexibility index (Phi) is 5.31. The van der Waals surface area contributed by atoms with E-state index in [0.29, 0.717) is 37.1 Å². The fraction of sp³-hybridized carbons (Fsp3) is 0.727. The molecule has 32 heavy (non-hydrogen) atoms. The fourth-order valence-corrected chi connectivity index (χ4v) is 8.13. The zero-order valence-electron chi connectivity index (χ0n) is 17.8. The van der Waals surface area contributed by atoms with Crippen molar-refractivity contribution in [3.05, 3.63) is 29.1 Å². The molecule has 2 aliphatic heterocycles. The van der Waals surface area contributed by atoms with Crippen LogP contribution in [0.25, 0.3) is 0 Å². The second kappa shape index (κ2) is 7.68. The number of rotatable bonds is 3. The van der Waals surface area contributed by atoms with E-state index in [1.165, 1.54) is 0 Å². The van der Waals surface area contributed by atoms with Crippen LogP contribution in [0.15, 0.2) is 12.3 Å². The number of fused-ring (bicyclic) bond motifs is 2. The summed E-state index contributed by atoms with van der Waals surface area (Å²) in [5.74, 6) is 0.663. The lowest BCUT2D eigenvalue weighted by molar-refractivity contribution is -0.144. The number of alkyl halides is 3. The maximum Gasteiger partial charge on any atom is 0.417 e. The average molecular weight is 472 g/mol. The summed E-state index contributed by atoms with van der Waals surface area (Å²) < 4.78 is 63.0. The minimum atomic E-state index is -4.46. The van der Waals surface area contributed by atoms with E-state index in [0.717, 1.165) is 37.9 Å². The standard InChI is InChI=1S/C22H28F3N3O3S/c23-22(24,25)16-8-14-12-28(6-3-19(14)26-11-16)20(29)21-5-1-2-15(21)9-18(10-21)27-17-4-7-32(30,31)13-17/h8,11,15,17-18,27H,1-7,9-10,12-13H2. The minimum Gasteiger partial charge on any atom is -0.337 e. The van der Waals surface area contributed by atoms with E-state index in [1.807, 2.05) is 0 Å². The van der Waals surface area contributed by atoms with Crippen LogP contribution in [0.3, 0.4) is 0 Å². The maximum absolute atomic E-state index is 13.7. The largest absolute Gasteiger partial charge is 0.417 e. The Morgan fingerprint density at radius 2 is 2.06 bits per heavy atom. The Labute approximate surface area is 185 Å². The smallest absolute Gasteiger partial charge is 0.337 e. The minimum absolute atomic E-state index is 0.0476. The van der Waals surface area contributed by atoms with E-state index in [1.54, 1.807) is 4.90 Å². The van der Waals surface area contributed by atoms with Crippen molar-refractivity contribution in [2.45, 2.75) is 69.8 Å². The number of halogens is 3. The van der Waals surface area contributed by atoms with Crippen molar-refractivity contribution in [1.82, 2.24) is 15.2 Å². The van der Waals surface area contributed by atoms with Crippen LogP contribution in [0.5, 0.6) is 0 Å². The van der Waals surface area contributed by atoms with Gasteiger partial charge in [0.25, 0.3) is 0 Å². The number of hydrogen-bond donors (Lipinski definition) is 1. The summed E-state index contributed by atoms with van der Waals surface area (Å²) in [5.41, 5.74) is -0.147. The Hall–Kier alpha value is -1.68. The van der Waals surface area contributed by atoms with Gasteiger partial charge in [0.05, 0.1) is 22.5 Å². The molecule has 0 spiro atoms. The lowest BCUT2D eigenvalue weighted by atomic mass is 9.78. The van der Waals surface area contributed by atoms with Crippen molar-refractivity contribution >= 4 is 15.7 Å². The number of carbonyl (C=O) groups is 1. The van der Waals surface area contributed by atoms with Gasteiger partial charge < -0.3 is 10.2 Å². The van der Waals surface area contributed by atoms with Gasteiger partial charge in [-0.25, -0.2) is 8.42 Å². The van der Waals surface area contributed by atoms with Crippen LogP contribution in [0.1, 0.15) is 55.3 Å². The summed E-state index contributed by atoms with van der Waals surface area (Å²) in [6, 6.07) is 1.19. The molecule has 0 radical (unpaired) electrons. The second-order valence-electron chi connectivity index (χ2n) is 9.95. The molecule has 6 nitrogen and oxygen atoms in total. The third-order valence-corrected chi connectivity index (χ3v) is 9.69. The number of hydrogen-bond acceptors (Lipinski definition) is 5. The highest BCUT2D eigenvalue weighted by Gasteiger charge is 2.56. The molecule has 1 N–H and O–H groups in total. The highest BCUT2D eigenvalue weighted by molar-refractivity contribution is 7.91. The molecular formula is C22H28F3N3O3S. The molecular weight excluding hydrogens is 443 g/mol. The Morgan fingerprint density at radius 1 is 1.25 bits per heavy atom. The van der Waals surface area contributed by atoms with Gasteiger partial charge >= 0.3 is 6.18 Å². The van der Waals surface area contributed by atoms with Crippen molar-refractivity contribution in [1.29, 1.82) is 0 Å². The highest BCUT2D eigenvalue weighted by atomic mass is 32.2. The predicted molar refractivity (Wildman–Crippen MR) is 111 cm³/mol. The number of pyridine rings is 1. The van der Waals surface area contributed by atoms with E-state index in [9.17, 15) is 26.4 Å². The van der Waals surface area contributed by atoms with Gasteiger partial charge in [-0.3, -0.25) is 9.78 Å². The molecule has 0 aromatic carbocycles. The highest BCUT2D eigenvalue weighted by Crippen LogP contribution is 2.55. The van der Waals surface area contributed by atoms with Crippen molar-refractivity contribution in [3.63, 3.8) is 0 Å². The summed E-state index contributed by atoms with van der Waals surface area (Å²) in [7, 11) is -2.97. The lowest BCUT2D eigenvalue weighted by Crippen LogP contribution is -2.47. The lowest BCUT2D eigenvalue weighted by Gasteiger charge is -2.37. The van der Waals surface area contributed by atoms with Crippen LogP contribution in [-0.2, 0) is 33.8 Å². The van der Waals surface area contributed by atoms with Crippen LogP contribution < -0.4 is 5.32 Å². The summed E-state index contributed by atoms with van der Waals surface area (Å²) >= 11 is 0.